The van der Waals surface area contributed by atoms with Crippen LogP contribution >= 0.6 is 0 Å². The summed E-state index contributed by atoms with van der Waals surface area (Å²) in [5, 5.41) is 0. The van der Waals surface area contributed by atoms with Gasteiger partial charge in [-0.3, -0.25) is 0 Å². The standard InChI is InChI=1S/C21H34N2/c1-18(2)11-14-22(4)16-20-9-7-13-23(17-20)15-12-21-10-6-5-8-19(21)3/h5-6,8,10-11,20H,7,9,12-17H2,1-4H3/t20-/m1/s1. The first kappa shape index (κ1) is 18.2. The van der Waals surface area contributed by atoms with Crippen LogP contribution in [0, 0.1) is 12.8 Å². The number of allylic oxidation sites excluding steroid dienone is 1. The van der Waals surface area contributed by atoms with Crippen molar-refractivity contribution < 1.29 is 0 Å². The highest BCUT2D eigenvalue weighted by Gasteiger charge is 2.20. The van der Waals surface area contributed by atoms with Gasteiger partial charge in [0.2, 0.25) is 0 Å². The van der Waals surface area contributed by atoms with Crippen molar-refractivity contribution in [3.8, 4) is 0 Å². The van der Waals surface area contributed by atoms with Crippen molar-refractivity contribution in [2.75, 3.05) is 39.8 Å². The summed E-state index contributed by atoms with van der Waals surface area (Å²) in [5.74, 6) is 0.830. The van der Waals surface area contributed by atoms with E-state index < -0.39 is 0 Å². The lowest BCUT2D eigenvalue weighted by atomic mass is 9.96. The van der Waals surface area contributed by atoms with Gasteiger partial charge in [0.1, 0.15) is 0 Å². The van der Waals surface area contributed by atoms with Gasteiger partial charge in [-0.05, 0) is 70.7 Å². The number of nitrogens with zero attached hydrogens (tertiary/aromatic N) is 2. The zero-order valence-electron chi connectivity index (χ0n) is 15.5. The Morgan fingerprint density at radius 1 is 1.30 bits per heavy atom. The van der Waals surface area contributed by atoms with Crippen LogP contribution in [0.1, 0.15) is 37.8 Å². The zero-order chi connectivity index (χ0) is 16.7. The topological polar surface area (TPSA) is 6.48 Å². The highest BCUT2D eigenvalue weighted by molar-refractivity contribution is 5.25. The summed E-state index contributed by atoms with van der Waals surface area (Å²) < 4.78 is 0. The maximum Gasteiger partial charge on any atom is 0.0162 e. The number of aryl methyl sites for hydroxylation is 1. The molecule has 1 aromatic rings. The van der Waals surface area contributed by atoms with Gasteiger partial charge in [-0.15, -0.1) is 0 Å². The van der Waals surface area contributed by atoms with Crippen LogP contribution in [0.5, 0.6) is 0 Å². The lowest BCUT2D eigenvalue weighted by Crippen LogP contribution is -2.41. The van der Waals surface area contributed by atoms with Crippen LogP contribution in [0.25, 0.3) is 0 Å². The highest BCUT2D eigenvalue weighted by atomic mass is 15.1. The molecule has 0 N–H and O–H groups in total. The molecular formula is C21H34N2. The van der Waals surface area contributed by atoms with Gasteiger partial charge in [-0.2, -0.15) is 0 Å². The second kappa shape index (κ2) is 9.24. The second-order valence-electron chi connectivity index (χ2n) is 7.49. The maximum atomic E-state index is 2.68. The van der Waals surface area contributed by atoms with E-state index >= 15 is 0 Å². The molecule has 0 aromatic heterocycles. The molecule has 1 aromatic carbocycles. The highest BCUT2D eigenvalue weighted by Crippen LogP contribution is 2.18. The van der Waals surface area contributed by atoms with E-state index in [1.54, 1.807) is 0 Å². The first-order chi connectivity index (χ1) is 11.0. The first-order valence-electron chi connectivity index (χ1n) is 9.13. The number of piperidine rings is 1. The summed E-state index contributed by atoms with van der Waals surface area (Å²) in [7, 11) is 2.26. The van der Waals surface area contributed by atoms with Crippen LogP contribution in [0.3, 0.4) is 0 Å². The van der Waals surface area contributed by atoms with E-state index in [-0.39, 0.29) is 0 Å². The smallest absolute Gasteiger partial charge is 0.0162 e. The van der Waals surface area contributed by atoms with Gasteiger partial charge in [0.25, 0.3) is 0 Å². The number of likely N-dealkylation sites (tertiary alicyclic amines) is 1. The molecule has 2 heteroatoms. The van der Waals surface area contributed by atoms with Gasteiger partial charge in [0.05, 0.1) is 0 Å². The van der Waals surface area contributed by atoms with E-state index in [9.17, 15) is 0 Å². The van der Waals surface area contributed by atoms with E-state index in [4.69, 9.17) is 0 Å². The Kier molecular flexibility index (Phi) is 7.32. The molecule has 1 heterocycles. The minimum absolute atomic E-state index is 0.830. The van der Waals surface area contributed by atoms with E-state index in [2.05, 4.69) is 68.0 Å². The Morgan fingerprint density at radius 2 is 2.09 bits per heavy atom. The van der Waals surface area contributed by atoms with Gasteiger partial charge in [-0.25, -0.2) is 0 Å². The van der Waals surface area contributed by atoms with E-state index in [1.165, 1.54) is 62.1 Å². The molecule has 0 radical (unpaired) electrons. The fourth-order valence-corrected chi connectivity index (χ4v) is 3.53. The molecule has 0 amide bonds. The lowest BCUT2D eigenvalue weighted by Gasteiger charge is -2.34. The summed E-state index contributed by atoms with van der Waals surface area (Å²) in [6.07, 6.45) is 6.26. The van der Waals surface area contributed by atoms with Crippen molar-refractivity contribution in [3.05, 3.63) is 47.0 Å². The molecule has 1 atom stereocenters. The third-order valence-corrected chi connectivity index (χ3v) is 4.94. The van der Waals surface area contributed by atoms with Crippen LogP contribution in [0.4, 0.5) is 0 Å². The Hall–Kier alpha value is -1.12. The van der Waals surface area contributed by atoms with Crippen molar-refractivity contribution in [3.63, 3.8) is 0 Å². The molecule has 0 bridgehead atoms. The van der Waals surface area contributed by atoms with Gasteiger partial charge in [0.15, 0.2) is 0 Å². The van der Waals surface area contributed by atoms with Crippen LogP contribution in [-0.4, -0.2) is 49.6 Å². The fraction of sp³-hybridized carbons (Fsp3) is 0.619. The summed E-state index contributed by atoms with van der Waals surface area (Å²) in [6.45, 7) is 12.7. The van der Waals surface area contributed by atoms with Crippen molar-refractivity contribution in [1.82, 2.24) is 9.80 Å². The monoisotopic (exact) mass is 314 g/mol. The molecule has 2 rings (SSSR count). The molecule has 1 fully saturated rings. The van der Waals surface area contributed by atoms with Crippen LogP contribution in [0.2, 0.25) is 0 Å². The number of rotatable bonds is 7. The SMILES string of the molecule is CC(C)=CCN(C)C[C@H]1CCCN(CCc2ccccc2C)C1. The lowest BCUT2D eigenvalue weighted by molar-refractivity contribution is 0.148. The van der Waals surface area contributed by atoms with E-state index in [1.807, 2.05) is 0 Å². The van der Waals surface area contributed by atoms with Crippen LogP contribution in [0.15, 0.2) is 35.9 Å². The Bertz CT molecular complexity index is 502. The fourth-order valence-electron chi connectivity index (χ4n) is 3.53. The Morgan fingerprint density at radius 3 is 2.83 bits per heavy atom. The molecule has 0 saturated carbocycles. The number of hydrogen-bond acceptors (Lipinski definition) is 2. The normalized spacial score (nSPS) is 19.1. The van der Waals surface area contributed by atoms with Crippen molar-refractivity contribution in [1.29, 1.82) is 0 Å². The molecule has 128 valence electrons. The van der Waals surface area contributed by atoms with Crippen molar-refractivity contribution in [2.45, 2.75) is 40.0 Å². The second-order valence-corrected chi connectivity index (χ2v) is 7.49. The Labute approximate surface area is 143 Å². The molecule has 0 aliphatic carbocycles. The number of likely N-dealkylation sites (N-methyl/N-ethyl adjacent to an activating group) is 1. The third-order valence-electron chi connectivity index (χ3n) is 4.94. The van der Waals surface area contributed by atoms with E-state index in [0.717, 1.165) is 12.5 Å². The minimum atomic E-state index is 0.830. The average Bonchev–Trinajstić information content (AvgIpc) is 2.52. The van der Waals surface area contributed by atoms with Crippen LogP contribution < -0.4 is 0 Å². The molecule has 2 nitrogen and oxygen atoms in total. The van der Waals surface area contributed by atoms with Gasteiger partial charge in [0, 0.05) is 26.2 Å². The molecule has 1 aliphatic rings. The maximum absolute atomic E-state index is 2.68. The molecule has 0 unspecified atom stereocenters. The van der Waals surface area contributed by atoms with Crippen molar-refractivity contribution in [2.24, 2.45) is 5.92 Å². The van der Waals surface area contributed by atoms with Gasteiger partial charge < -0.3 is 9.80 Å². The molecular weight excluding hydrogens is 280 g/mol. The van der Waals surface area contributed by atoms with Gasteiger partial charge >= 0.3 is 0 Å². The quantitative estimate of drug-likeness (QED) is 0.698. The summed E-state index contributed by atoms with van der Waals surface area (Å²) in [5.41, 5.74) is 4.36. The molecule has 23 heavy (non-hydrogen) atoms. The molecule has 1 saturated heterocycles. The number of benzene rings is 1. The third kappa shape index (κ3) is 6.48. The van der Waals surface area contributed by atoms with E-state index in [0.29, 0.717) is 0 Å². The number of hydrogen-bond donors (Lipinski definition) is 0. The van der Waals surface area contributed by atoms with Crippen LogP contribution in [-0.2, 0) is 6.42 Å². The molecule has 0 spiro atoms. The first-order valence-corrected chi connectivity index (χ1v) is 9.13. The zero-order valence-corrected chi connectivity index (χ0v) is 15.5. The summed E-state index contributed by atoms with van der Waals surface area (Å²) in [6, 6.07) is 8.81. The van der Waals surface area contributed by atoms with Gasteiger partial charge in [-0.1, -0.05) is 35.9 Å². The summed E-state index contributed by atoms with van der Waals surface area (Å²) >= 11 is 0. The minimum Gasteiger partial charge on any atom is -0.303 e. The molecule has 1 aliphatic heterocycles. The Balaban J connectivity index is 1.77. The average molecular weight is 315 g/mol. The predicted octanol–water partition coefficient (Wildman–Crippen LogP) is 4.15. The van der Waals surface area contributed by atoms with Crippen molar-refractivity contribution >= 4 is 0 Å². The predicted molar refractivity (Wildman–Crippen MR) is 101 cm³/mol. The summed E-state index contributed by atoms with van der Waals surface area (Å²) in [4.78, 5) is 5.15. The largest absolute Gasteiger partial charge is 0.303 e.